The van der Waals surface area contributed by atoms with Gasteiger partial charge in [-0.05, 0) is 37.2 Å². The third kappa shape index (κ3) is 3.75. The average Bonchev–Trinajstić information content (AvgIpc) is 2.23. The van der Waals surface area contributed by atoms with E-state index in [4.69, 9.17) is 0 Å². The van der Waals surface area contributed by atoms with Gasteiger partial charge in [-0.3, -0.25) is 0 Å². The zero-order chi connectivity index (χ0) is 14.8. The van der Waals surface area contributed by atoms with E-state index in [2.05, 4.69) is 0 Å². The summed E-state index contributed by atoms with van der Waals surface area (Å²) in [5.41, 5.74) is -0.961. The smallest absolute Gasteiger partial charge is 0.165 e. The van der Waals surface area contributed by atoms with Crippen LogP contribution in [-0.4, -0.2) is 5.11 Å². The molecule has 0 aliphatic rings. The topological polar surface area (TPSA) is 20.2 Å². The first-order valence-corrected chi connectivity index (χ1v) is 6.85. The molecule has 108 valence electrons. The molecule has 0 radical (unpaired) electrons. The Morgan fingerprint density at radius 1 is 1.00 bits per heavy atom. The Morgan fingerprint density at radius 2 is 1.47 bits per heavy atom. The minimum Gasteiger partial charge on any atom is -0.385 e. The summed E-state index contributed by atoms with van der Waals surface area (Å²) >= 11 is 0. The van der Waals surface area contributed by atoms with Crippen LogP contribution in [0.3, 0.4) is 0 Å². The molecule has 0 atom stereocenters. The van der Waals surface area contributed by atoms with Crippen LogP contribution in [0.1, 0.15) is 51.7 Å². The molecule has 1 aromatic rings. The predicted molar refractivity (Wildman–Crippen MR) is 73.9 cm³/mol. The van der Waals surface area contributed by atoms with Crippen molar-refractivity contribution in [3.05, 3.63) is 34.9 Å². The molecule has 0 aliphatic heterocycles. The fourth-order valence-electron chi connectivity index (χ4n) is 2.66. The molecule has 0 amide bonds. The first kappa shape index (κ1) is 16.1. The number of hydrogen-bond acceptors (Lipinski definition) is 1. The molecule has 0 spiro atoms. The highest BCUT2D eigenvalue weighted by molar-refractivity contribution is 5.30. The largest absolute Gasteiger partial charge is 0.385 e. The fraction of sp³-hybridized carbons (Fsp3) is 0.625. The van der Waals surface area contributed by atoms with Crippen molar-refractivity contribution in [1.82, 2.24) is 0 Å². The van der Waals surface area contributed by atoms with Gasteiger partial charge < -0.3 is 5.11 Å². The van der Waals surface area contributed by atoms with Crippen LogP contribution in [0.2, 0.25) is 0 Å². The van der Waals surface area contributed by atoms with Crippen LogP contribution in [-0.2, 0) is 5.60 Å². The van der Waals surface area contributed by atoms with Gasteiger partial charge in [0.05, 0.1) is 5.60 Å². The highest BCUT2D eigenvalue weighted by Crippen LogP contribution is 2.37. The maximum atomic E-state index is 14.1. The Kier molecular flexibility index (Phi) is 5.08. The van der Waals surface area contributed by atoms with Crippen molar-refractivity contribution >= 4 is 0 Å². The molecule has 1 rings (SSSR count). The molecule has 0 aliphatic carbocycles. The van der Waals surface area contributed by atoms with Gasteiger partial charge in [0, 0.05) is 5.56 Å². The summed E-state index contributed by atoms with van der Waals surface area (Å²) in [6.07, 6.45) is 0.842. The van der Waals surface area contributed by atoms with E-state index in [9.17, 15) is 13.9 Å². The molecule has 1 nitrogen and oxygen atoms in total. The Labute approximate surface area is 114 Å². The van der Waals surface area contributed by atoms with Crippen molar-refractivity contribution in [1.29, 1.82) is 0 Å². The zero-order valence-electron chi connectivity index (χ0n) is 12.4. The molecule has 0 unspecified atom stereocenters. The molecule has 0 heterocycles. The summed E-state index contributed by atoms with van der Waals surface area (Å²) in [6.45, 7) is 9.38. The van der Waals surface area contributed by atoms with Crippen LogP contribution < -0.4 is 0 Å². The lowest BCUT2D eigenvalue weighted by Gasteiger charge is -2.32. The lowest BCUT2D eigenvalue weighted by atomic mass is 9.79. The average molecular weight is 270 g/mol. The maximum Gasteiger partial charge on any atom is 0.165 e. The standard InChI is InChI=1S/C16H24F2O/c1-10(2)8-16(19,9-11(3)4)13-7-6-12(5)14(17)15(13)18/h6-7,10-11,19H,8-9H2,1-5H3. The summed E-state index contributed by atoms with van der Waals surface area (Å²) in [5, 5.41) is 10.8. The molecule has 0 aromatic heterocycles. The van der Waals surface area contributed by atoms with Crippen molar-refractivity contribution < 1.29 is 13.9 Å². The summed E-state index contributed by atoms with van der Waals surface area (Å²) in [4.78, 5) is 0. The number of rotatable bonds is 5. The quantitative estimate of drug-likeness (QED) is 0.832. The van der Waals surface area contributed by atoms with E-state index < -0.39 is 17.2 Å². The van der Waals surface area contributed by atoms with Crippen molar-refractivity contribution in [2.75, 3.05) is 0 Å². The Morgan fingerprint density at radius 3 is 1.89 bits per heavy atom. The molecular formula is C16H24F2O. The van der Waals surface area contributed by atoms with Gasteiger partial charge in [-0.1, -0.05) is 39.8 Å². The van der Waals surface area contributed by atoms with E-state index >= 15 is 0 Å². The van der Waals surface area contributed by atoms with Crippen molar-refractivity contribution in [2.24, 2.45) is 11.8 Å². The van der Waals surface area contributed by atoms with Crippen LogP contribution in [0.25, 0.3) is 0 Å². The summed E-state index contributed by atoms with van der Waals surface area (Å²) in [5.74, 6) is -1.37. The Bertz CT molecular complexity index is 429. The van der Waals surface area contributed by atoms with Gasteiger partial charge in [-0.2, -0.15) is 0 Å². The minimum atomic E-state index is -1.30. The predicted octanol–water partition coefficient (Wildman–Crippen LogP) is 4.55. The summed E-state index contributed by atoms with van der Waals surface area (Å²) in [7, 11) is 0. The first-order valence-electron chi connectivity index (χ1n) is 6.85. The van der Waals surface area contributed by atoms with Crippen LogP contribution in [0, 0.1) is 30.4 Å². The summed E-state index contributed by atoms with van der Waals surface area (Å²) in [6, 6.07) is 3.04. The highest BCUT2D eigenvalue weighted by atomic mass is 19.2. The molecule has 0 bridgehead atoms. The zero-order valence-corrected chi connectivity index (χ0v) is 12.4. The lowest BCUT2D eigenvalue weighted by Crippen LogP contribution is -2.31. The minimum absolute atomic E-state index is 0.0815. The molecular weight excluding hydrogens is 246 g/mol. The molecule has 3 heteroatoms. The number of halogens is 2. The van der Waals surface area contributed by atoms with E-state index in [0.29, 0.717) is 12.8 Å². The lowest BCUT2D eigenvalue weighted by molar-refractivity contribution is -0.00810. The normalized spacial score (nSPS) is 12.5. The van der Waals surface area contributed by atoms with Gasteiger partial charge in [-0.25, -0.2) is 8.78 Å². The second-order valence-corrected chi connectivity index (χ2v) is 6.29. The third-order valence-corrected chi connectivity index (χ3v) is 3.27. The van der Waals surface area contributed by atoms with E-state index in [0.717, 1.165) is 0 Å². The second-order valence-electron chi connectivity index (χ2n) is 6.29. The number of benzene rings is 1. The second kappa shape index (κ2) is 6.00. The molecule has 0 fully saturated rings. The number of aliphatic hydroxyl groups is 1. The van der Waals surface area contributed by atoms with E-state index in [1.807, 2.05) is 27.7 Å². The van der Waals surface area contributed by atoms with Gasteiger partial charge in [0.15, 0.2) is 11.6 Å². The molecule has 1 aromatic carbocycles. The molecule has 19 heavy (non-hydrogen) atoms. The maximum absolute atomic E-state index is 14.1. The van der Waals surface area contributed by atoms with Crippen LogP contribution >= 0.6 is 0 Å². The number of aryl methyl sites for hydroxylation is 1. The Hall–Kier alpha value is -0.960. The monoisotopic (exact) mass is 270 g/mol. The first-order chi connectivity index (χ1) is 8.67. The van der Waals surface area contributed by atoms with E-state index in [1.54, 1.807) is 0 Å². The molecule has 1 N–H and O–H groups in total. The highest BCUT2D eigenvalue weighted by Gasteiger charge is 2.34. The van der Waals surface area contributed by atoms with Crippen molar-refractivity contribution in [3.63, 3.8) is 0 Å². The molecule has 0 saturated heterocycles. The molecule has 0 saturated carbocycles. The fourth-order valence-corrected chi connectivity index (χ4v) is 2.66. The Balaban J connectivity index is 3.28. The van der Waals surface area contributed by atoms with Gasteiger partial charge >= 0.3 is 0 Å². The van der Waals surface area contributed by atoms with Crippen LogP contribution in [0.4, 0.5) is 8.78 Å². The van der Waals surface area contributed by atoms with Crippen LogP contribution in [0.5, 0.6) is 0 Å². The third-order valence-electron chi connectivity index (χ3n) is 3.27. The van der Waals surface area contributed by atoms with Gasteiger partial charge in [-0.15, -0.1) is 0 Å². The van der Waals surface area contributed by atoms with Gasteiger partial charge in [0.2, 0.25) is 0 Å². The number of hydrogen-bond donors (Lipinski definition) is 1. The van der Waals surface area contributed by atoms with E-state index in [1.165, 1.54) is 19.1 Å². The SMILES string of the molecule is Cc1ccc(C(O)(CC(C)C)CC(C)C)c(F)c1F. The van der Waals surface area contributed by atoms with Gasteiger partial charge in [0.25, 0.3) is 0 Å². The van der Waals surface area contributed by atoms with Crippen molar-refractivity contribution in [3.8, 4) is 0 Å². The van der Waals surface area contributed by atoms with E-state index in [-0.39, 0.29) is 23.0 Å². The van der Waals surface area contributed by atoms with Crippen LogP contribution in [0.15, 0.2) is 12.1 Å². The van der Waals surface area contributed by atoms with Gasteiger partial charge in [0.1, 0.15) is 0 Å². The van der Waals surface area contributed by atoms with Crippen molar-refractivity contribution in [2.45, 2.75) is 53.1 Å². The summed E-state index contributed by atoms with van der Waals surface area (Å²) < 4.78 is 27.8.